The van der Waals surface area contributed by atoms with E-state index in [1.807, 2.05) is 0 Å². The molecule has 0 saturated carbocycles. The summed E-state index contributed by atoms with van der Waals surface area (Å²) in [5, 5.41) is 21.5. The molecule has 3 rings (SSSR count). The molecule has 2 amide bonds. The van der Waals surface area contributed by atoms with Crippen molar-refractivity contribution < 1.29 is 33.7 Å². The zero-order chi connectivity index (χ0) is 24.3. The standard InChI is InChI=1S/C20H15N3O9S/c1-11(19(25)31-2)21-18(24)17(33-20(21)26)9-12-3-6-14(7-4-12)32-16-8-5-13(22(27)28)10-15(16)23(29)30/h3-11H,1-2H3/b17-9+/t11-/m0/s1. The highest BCUT2D eigenvalue weighted by Gasteiger charge is 2.41. The largest absolute Gasteiger partial charge is 0.467 e. The van der Waals surface area contributed by atoms with Gasteiger partial charge in [-0.15, -0.1) is 0 Å². The Bertz CT molecular complexity index is 1190. The van der Waals surface area contributed by atoms with Crippen LogP contribution in [0, 0.1) is 20.2 Å². The van der Waals surface area contributed by atoms with Crippen molar-refractivity contribution >= 4 is 46.3 Å². The van der Waals surface area contributed by atoms with E-state index in [0.29, 0.717) is 17.3 Å². The van der Waals surface area contributed by atoms with Crippen LogP contribution in [0.25, 0.3) is 6.08 Å². The van der Waals surface area contributed by atoms with Crippen LogP contribution < -0.4 is 4.74 Å². The van der Waals surface area contributed by atoms with Crippen molar-refractivity contribution in [2.45, 2.75) is 13.0 Å². The maximum absolute atomic E-state index is 12.5. The van der Waals surface area contributed by atoms with Crippen molar-refractivity contribution in [3.05, 3.63) is 73.2 Å². The minimum Gasteiger partial charge on any atom is -0.467 e. The lowest BCUT2D eigenvalue weighted by atomic mass is 10.2. The predicted octanol–water partition coefficient (Wildman–Crippen LogP) is 3.89. The zero-order valence-corrected chi connectivity index (χ0v) is 17.9. The highest BCUT2D eigenvalue weighted by atomic mass is 32.2. The molecule has 0 aliphatic carbocycles. The lowest BCUT2D eigenvalue weighted by Crippen LogP contribution is -2.42. The van der Waals surface area contributed by atoms with Crippen molar-refractivity contribution in [1.82, 2.24) is 4.90 Å². The van der Waals surface area contributed by atoms with Crippen LogP contribution in [0.5, 0.6) is 11.5 Å². The second kappa shape index (κ2) is 9.48. The molecule has 12 nitrogen and oxygen atoms in total. The van der Waals surface area contributed by atoms with Gasteiger partial charge in [0.25, 0.3) is 16.8 Å². The Balaban J connectivity index is 1.79. The number of thioether (sulfide) groups is 1. The average Bonchev–Trinajstić information content (AvgIpc) is 3.06. The number of benzene rings is 2. The molecule has 1 saturated heterocycles. The molecule has 1 atom stereocenters. The van der Waals surface area contributed by atoms with Crippen molar-refractivity contribution in [3.63, 3.8) is 0 Å². The van der Waals surface area contributed by atoms with E-state index in [2.05, 4.69) is 4.74 Å². The number of imide groups is 1. The third kappa shape index (κ3) is 4.98. The number of esters is 1. The fourth-order valence-corrected chi connectivity index (χ4v) is 3.76. The van der Waals surface area contributed by atoms with Crippen LogP contribution in [0.2, 0.25) is 0 Å². The van der Waals surface area contributed by atoms with E-state index in [-0.39, 0.29) is 16.4 Å². The molecule has 0 spiro atoms. The van der Waals surface area contributed by atoms with Crippen LogP contribution in [-0.2, 0) is 14.3 Å². The van der Waals surface area contributed by atoms with Gasteiger partial charge in [0, 0.05) is 6.07 Å². The number of nitro groups is 2. The minimum absolute atomic E-state index is 0.107. The summed E-state index contributed by atoms with van der Waals surface area (Å²) in [6, 6.07) is 7.98. The maximum atomic E-state index is 12.5. The quantitative estimate of drug-likeness (QED) is 0.250. The lowest BCUT2D eigenvalue weighted by molar-refractivity contribution is -0.394. The van der Waals surface area contributed by atoms with Crippen LogP contribution in [0.3, 0.4) is 0 Å². The number of nitro benzene ring substituents is 2. The van der Waals surface area contributed by atoms with Gasteiger partial charge in [-0.25, -0.2) is 4.79 Å². The second-order valence-corrected chi connectivity index (χ2v) is 7.58. The van der Waals surface area contributed by atoms with Crippen molar-refractivity contribution in [2.75, 3.05) is 7.11 Å². The number of nitrogens with zero attached hydrogens (tertiary/aromatic N) is 3. The number of methoxy groups -OCH3 is 1. The van der Waals surface area contributed by atoms with Gasteiger partial charge < -0.3 is 9.47 Å². The second-order valence-electron chi connectivity index (χ2n) is 6.59. The molecule has 0 bridgehead atoms. The molecule has 1 aliphatic heterocycles. The molecule has 2 aromatic rings. The Hall–Kier alpha value is -4.26. The fraction of sp³-hybridized carbons (Fsp3) is 0.150. The molecule has 33 heavy (non-hydrogen) atoms. The van der Waals surface area contributed by atoms with Gasteiger partial charge in [0.2, 0.25) is 5.75 Å². The van der Waals surface area contributed by atoms with E-state index in [1.165, 1.54) is 25.1 Å². The van der Waals surface area contributed by atoms with Gasteiger partial charge in [-0.3, -0.25) is 34.7 Å². The molecule has 13 heteroatoms. The summed E-state index contributed by atoms with van der Waals surface area (Å²) < 4.78 is 10.1. The van der Waals surface area contributed by atoms with Crippen molar-refractivity contribution in [3.8, 4) is 11.5 Å². The average molecular weight is 473 g/mol. The van der Waals surface area contributed by atoms with Crippen LogP contribution in [0.1, 0.15) is 12.5 Å². The van der Waals surface area contributed by atoms with Gasteiger partial charge in [-0.2, -0.15) is 0 Å². The van der Waals surface area contributed by atoms with E-state index < -0.39 is 44.4 Å². The summed E-state index contributed by atoms with van der Waals surface area (Å²) in [5.74, 6) is -1.34. The number of amides is 2. The summed E-state index contributed by atoms with van der Waals surface area (Å²) in [6.07, 6.45) is 1.45. The molecule has 0 aromatic heterocycles. The molecular formula is C20H15N3O9S. The third-order valence-electron chi connectivity index (χ3n) is 4.51. The van der Waals surface area contributed by atoms with Gasteiger partial charge in [-0.05, 0) is 48.5 Å². The summed E-state index contributed by atoms with van der Waals surface area (Å²) in [4.78, 5) is 57.8. The minimum atomic E-state index is -1.07. The summed E-state index contributed by atoms with van der Waals surface area (Å²) in [5.41, 5.74) is -0.488. The van der Waals surface area contributed by atoms with Crippen molar-refractivity contribution in [1.29, 1.82) is 0 Å². The molecule has 2 aromatic carbocycles. The van der Waals surface area contributed by atoms with Crippen LogP contribution in [-0.4, -0.2) is 45.0 Å². The number of non-ortho nitro benzene ring substituents is 1. The molecule has 1 heterocycles. The molecule has 0 radical (unpaired) electrons. The van der Waals surface area contributed by atoms with Crippen LogP contribution in [0.15, 0.2) is 47.4 Å². The zero-order valence-electron chi connectivity index (χ0n) is 17.1. The SMILES string of the molecule is COC(=O)[C@H](C)N1C(=O)S/C(=C/c2ccc(Oc3ccc([N+](=O)[O-])cc3[N+](=O)[O-])cc2)C1=O. The fourth-order valence-electron chi connectivity index (χ4n) is 2.85. The normalized spacial score (nSPS) is 15.5. The topological polar surface area (TPSA) is 159 Å². The summed E-state index contributed by atoms with van der Waals surface area (Å²) in [6.45, 7) is 1.38. The number of hydrogen-bond donors (Lipinski definition) is 0. The predicted molar refractivity (Wildman–Crippen MR) is 116 cm³/mol. The number of rotatable bonds is 7. The molecule has 0 N–H and O–H groups in total. The van der Waals surface area contributed by atoms with Crippen LogP contribution >= 0.6 is 11.8 Å². The first-order valence-corrected chi connectivity index (χ1v) is 9.99. The molecular weight excluding hydrogens is 458 g/mol. The number of ether oxygens (including phenoxy) is 2. The smallest absolute Gasteiger partial charge is 0.328 e. The molecule has 1 fully saturated rings. The van der Waals surface area contributed by atoms with E-state index >= 15 is 0 Å². The van der Waals surface area contributed by atoms with Gasteiger partial charge in [0.05, 0.1) is 27.9 Å². The van der Waals surface area contributed by atoms with E-state index in [9.17, 15) is 34.6 Å². The number of carbonyl (C=O) groups excluding carboxylic acids is 3. The van der Waals surface area contributed by atoms with Gasteiger partial charge in [0.15, 0.2) is 0 Å². The third-order valence-corrected chi connectivity index (χ3v) is 5.39. The Labute approximate surface area is 190 Å². The molecule has 1 aliphatic rings. The Morgan fingerprint density at radius 2 is 1.76 bits per heavy atom. The van der Waals surface area contributed by atoms with E-state index in [0.717, 1.165) is 30.2 Å². The number of hydrogen-bond acceptors (Lipinski definition) is 10. The van der Waals surface area contributed by atoms with Crippen molar-refractivity contribution in [2.24, 2.45) is 0 Å². The highest BCUT2D eigenvalue weighted by Crippen LogP contribution is 2.36. The first-order valence-electron chi connectivity index (χ1n) is 9.18. The highest BCUT2D eigenvalue weighted by molar-refractivity contribution is 8.18. The van der Waals surface area contributed by atoms with Gasteiger partial charge in [0.1, 0.15) is 11.8 Å². The Morgan fingerprint density at radius 1 is 1.09 bits per heavy atom. The number of carbonyl (C=O) groups is 3. The molecule has 170 valence electrons. The Kier molecular flexibility index (Phi) is 6.72. The first kappa shape index (κ1) is 23.4. The van der Waals surface area contributed by atoms with E-state index in [1.54, 1.807) is 12.1 Å². The lowest BCUT2D eigenvalue weighted by Gasteiger charge is -2.18. The van der Waals surface area contributed by atoms with Gasteiger partial charge >= 0.3 is 11.7 Å². The summed E-state index contributed by atoms with van der Waals surface area (Å²) in [7, 11) is 1.16. The molecule has 0 unspecified atom stereocenters. The first-order chi connectivity index (χ1) is 15.6. The van der Waals surface area contributed by atoms with E-state index in [4.69, 9.17) is 4.74 Å². The van der Waals surface area contributed by atoms with Crippen LogP contribution in [0.4, 0.5) is 16.2 Å². The monoisotopic (exact) mass is 473 g/mol. The van der Waals surface area contributed by atoms with Gasteiger partial charge in [-0.1, -0.05) is 12.1 Å². The maximum Gasteiger partial charge on any atom is 0.328 e. The Morgan fingerprint density at radius 3 is 2.33 bits per heavy atom. The summed E-state index contributed by atoms with van der Waals surface area (Å²) >= 11 is 0.678.